The summed E-state index contributed by atoms with van der Waals surface area (Å²) in [7, 11) is 0. The minimum Gasteiger partial charge on any atom is -0.330 e. The van der Waals surface area contributed by atoms with E-state index in [0.29, 0.717) is 5.41 Å². The Bertz CT molecular complexity index is 166. The Morgan fingerprint density at radius 2 is 2.14 bits per heavy atom. The maximum Gasteiger partial charge on any atom is 0.0105 e. The topological polar surface area (TPSA) is 29.3 Å². The molecule has 0 saturated carbocycles. The van der Waals surface area contributed by atoms with Crippen molar-refractivity contribution in [2.75, 3.05) is 19.6 Å². The quantitative estimate of drug-likeness (QED) is 0.750. The van der Waals surface area contributed by atoms with Crippen LogP contribution in [-0.2, 0) is 0 Å². The Morgan fingerprint density at radius 1 is 1.43 bits per heavy atom. The molecule has 1 fully saturated rings. The van der Waals surface area contributed by atoms with Gasteiger partial charge in [-0.15, -0.1) is 0 Å². The Balaban J connectivity index is 2.49. The van der Waals surface area contributed by atoms with Gasteiger partial charge >= 0.3 is 0 Å². The summed E-state index contributed by atoms with van der Waals surface area (Å²) in [5.74, 6) is 0. The van der Waals surface area contributed by atoms with Crippen LogP contribution in [0.15, 0.2) is 0 Å². The average molecular weight is 198 g/mol. The third-order valence-corrected chi connectivity index (χ3v) is 3.42. The molecule has 1 saturated heterocycles. The van der Waals surface area contributed by atoms with Gasteiger partial charge in [0.05, 0.1) is 0 Å². The molecule has 1 heterocycles. The lowest BCUT2D eigenvalue weighted by Crippen LogP contribution is -2.46. The first-order valence-corrected chi connectivity index (χ1v) is 6.03. The van der Waals surface area contributed by atoms with Crippen molar-refractivity contribution in [1.29, 1.82) is 0 Å². The van der Waals surface area contributed by atoms with Gasteiger partial charge in [0.15, 0.2) is 0 Å². The summed E-state index contributed by atoms with van der Waals surface area (Å²) in [5.41, 5.74) is 6.17. The molecule has 0 aromatic heterocycles. The molecular formula is C12H26N2. The number of rotatable bonds is 4. The van der Waals surface area contributed by atoms with E-state index < -0.39 is 0 Å². The van der Waals surface area contributed by atoms with E-state index in [2.05, 4.69) is 25.7 Å². The predicted octanol–water partition coefficient (Wildman–Crippen LogP) is 2.24. The third kappa shape index (κ3) is 3.25. The lowest BCUT2D eigenvalue weighted by molar-refractivity contribution is 0.0733. The van der Waals surface area contributed by atoms with E-state index in [0.717, 1.165) is 19.0 Å². The molecule has 0 amide bonds. The van der Waals surface area contributed by atoms with Crippen LogP contribution >= 0.6 is 0 Å². The van der Waals surface area contributed by atoms with Crippen LogP contribution in [-0.4, -0.2) is 30.6 Å². The van der Waals surface area contributed by atoms with E-state index in [-0.39, 0.29) is 0 Å². The van der Waals surface area contributed by atoms with Crippen LogP contribution in [0.25, 0.3) is 0 Å². The minimum atomic E-state index is 0.514. The van der Waals surface area contributed by atoms with Crippen LogP contribution in [0.5, 0.6) is 0 Å². The minimum absolute atomic E-state index is 0.514. The SMILES string of the molecule is CCC(CCN)N1CCCC(C)(C)C1. The maximum absolute atomic E-state index is 5.65. The molecule has 1 atom stereocenters. The molecule has 84 valence electrons. The molecule has 1 aliphatic rings. The van der Waals surface area contributed by atoms with Crippen LogP contribution in [0.4, 0.5) is 0 Å². The van der Waals surface area contributed by atoms with Crippen molar-refractivity contribution >= 4 is 0 Å². The van der Waals surface area contributed by atoms with Gasteiger partial charge in [0, 0.05) is 12.6 Å². The molecule has 0 bridgehead atoms. The summed E-state index contributed by atoms with van der Waals surface area (Å²) in [6, 6.07) is 0.722. The largest absolute Gasteiger partial charge is 0.330 e. The first kappa shape index (κ1) is 12.0. The van der Waals surface area contributed by atoms with Gasteiger partial charge in [-0.25, -0.2) is 0 Å². The molecule has 1 rings (SSSR count). The number of likely N-dealkylation sites (tertiary alicyclic amines) is 1. The van der Waals surface area contributed by atoms with Crippen molar-refractivity contribution in [3.63, 3.8) is 0 Å². The van der Waals surface area contributed by atoms with Crippen LogP contribution in [0.1, 0.15) is 46.5 Å². The van der Waals surface area contributed by atoms with Crippen molar-refractivity contribution in [2.45, 2.75) is 52.5 Å². The molecule has 2 heteroatoms. The van der Waals surface area contributed by atoms with Gasteiger partial charge in [0.25, 0.3) is 0 Å². The Morgan fingerprint density at radius 3 is 2.64 bits per heavy atom. The van der Waals surface area contributed by atoms with E-state index in [4.69, 9.17) is 5.73 Å². The molecule has 0 radical (unpaired) electrons. The van der Waals surface area contributed by atoms with Gasteiger partial charge < -0.3 is 5.73 Å². The normalized spacial score (nSPS) is 24.9. The summed E-state index contributed by atoms with van der Waals surface area (Å²) in [5, 5.41) is 0. The zero-order valence-electron chi connectivity index (χ0n) is 10.1. The Hall–Kier alpha value is -0.0800. The molecule has 2 nitrogen and oxygen atoms in total. The highest BCUT2D eigenvalue weighted by Gasteiger charge is 2.29. The zero-order chi connectivity index (χ0) is 10.6. The third-order valence-electron chi connectivity index (χ3n) is 3.42. The van der Waals surface area contributed by atoms with Gasteiger partial charge in [-0.05, 0) is 44.2 Å². The van der Waals surface area contributed by atoms with Gasteiger partial charge in [-0.2, -0.15) is 0 Å². The fourth-order valence-electron chi connectivity index (χ4n) is 2.62. The maximum atomic E-state index is 5.65. The smallest absolute Gasteiger partial charge is 0.0105 e. The lowest BCUT2D eigenvalue weighted by Gasteiger charge is -2.42. The summed E-state index contributed by atoms with van der Waals surface area (Å²) in [6.07, 6.45) is 5.14. The second-order valence-electron chi connectivity index (χ2n) is 5.38. The van der Waals surface area contributed by atoms with Crippen LogP contribution in [0, 0.1) is 5.41 Å². The van der Waals surface area contributed by atoms with Crippen LogP contribution < -0.4 is 5.73 Å². The molecular weight excluding hydrogens is 172 g/mol. The first-order valence-electron chi connectivity index (χ1n) is 6.03. The molecule has 0 aromatic carbocycles. The fraction of sp³-hybridized carbons (Fsp3) is 1.00. The standard InChI is InChI=1S/C12H26N2/c1-4-11(6-8-13)14-9-5-7-12(2,3)10-14/h11H,4-10,13H2,1-3H3. The second-order valence-corrected chi connectivity index (χ2v) is 5.38. The number of nitrogens with zero attached hydrogens (tertiary/aromatic N) is 1. The number of hydrogen-bond donors (Lipinski definition) is 1. The highest BCUT2D eigenvalue weighted by atomic mass is 15.2. The lowest BCUT2D eigenvalue weighted by atomic mass is 9.83. The van der Waals surface area contributed by atoms with E-state index in [1.54, 1.807) is 0 Å². The van der Waals surface area contributed by atoms with E-state index in [1.165, 1.54) is 32.4 Å². The fourth-order valence-corrected chi connectivity index (χ4v) is 2.62. The average Bonchev–Trinajstić information content (AvgIpc) is 2.12. The summed E-state index contributed by atoms with van der Waals surface area (Å²) in [6.45, 7) is 10.4. The zero-order valence-corrected chi connectivity index (χ0v) is 10.1. The van der Waals surface area contributed by atoms with Crippen molar-refractivity contribution in [1.82, 2.24) is 4.90 Å². The molecule has 14 heavy (non-hydrogen) atoms. The molecule has 1 unspecified atom stereocenters. The summed E-state index contributed by atoms with van der Waals surface area (Å²) < 4.78 is 0. The summed E-state index contributed by atoms with van der Waals surface area (Å²) >= 11 is 0. The highest BCUT2D eigenvalue weighted by Crippen LogP contribution is 2.30. The Labute approximate surface area is 88.8 Å². The number of hydrogen-bond acceptors (Lipinski definition) is 2. The molecule has 0 aliphatic carbocycles. The van der Waals surface area contributed by atoms with Gasteiger partial charge in [0.1, 0.15) is 0 Å². The second kappa shape index (κ2) is 5.13. The highest BCUT2D eigenvalue weighted by molar-refractivity contribution is 4.83. The molecule has 0 aromatic rings. The Kier molecular flexibility index (Phi) is 4.39. The van der Waals surface area contributed by atoms with E-state index in [1.807, 2.05) is 0 Å². The molecule has 0 spiro atoms. The van der Waals surface area contributed by atoms with Gasteiger partial charge in [-0.1, -0.05) is 20.8 Å². The van der Waals surface area contributed by atoms with Crippen molar-refractivity contribution < 1.29 is 0 Å². The molecule has 2 N–H and O–H groups in total. The summed E-state index contributed by atoms with van der Waals surface area (Å²) in [4.78, 5) is 2.65. The van der Waals surface area contributed by atoms with Gasteiger partial charge in [0.2, 0.25) is 0 Å². The number of piperidine rings is 1. The monoisotopic (exact) mass is 198 g/mol. The van der Waals surface area contributed by atoms with E-state index in [9.17, 15) is 0 Å². The van der Waals surface area contributed by atoms with Crippen LogP contribution in [0.3, 0.4) is 0 Å². The first-order chi connectivity index (χ1) is 6.59. The van der Waals surface area contributed by atoms with Crippen molar-refractivity contribution in [3.05, 3.63) is 0 Å². The van der Waals surface area contributed by atoms with Gasteiger partial charge in [-0.3, -0.25) is 4.90 Å². The van der Waals surface area contributed by atoms with Crippen molar-refractivity contribution in [3.8, 4) is 0 Å². The number of nitrogens with two attached hydrogens (primary N) is 1. The van der Waals surface area contributed by atoms with Crippen LogP contribution in [0.2, 0.25) is 0 Å². The van der Waals surface area contributed by atoms with Crippen molar-refractivity contribution in [2.24, 2.45) is 11.1 Å². The van der Waals surface area contributed by atoms with E-state index >= 15 is 0 Å². The molecule has 1 aliphatic heterocycles. The predicted molar refractivity (Wildman–Crippen MR) is 62.3 cm³/mol.